The standard InChI is InChI=1S/C23H29ClN2O3S/c1-3-22(19-10-6-17(2)7-11-19)25-23(27)20-5-4-14-26(15-20)30(28,29)16-18-8-12-21(24)13-9-18/h6-13,20,22H,3-5,14-16H2,1-2H3,(H,25,27)/t20-,22-/m1/s1. The largest absolute Gasteiger partial charge is 0.349 e. The summed E-state index contributed by atoms with van der Waals surface area (Å²) >= 11 is 5.89. The van der Waals surface area contributed by atoms with Gasteiger partial charge in [-0.2, -0.15) is 0 Å². The number of benzene rings is 2. The second-order valence-corrected chi connectivity index (χ2v) is 10.4. The van der Waals surface area contributed by atoms with Crippen molar-refractivity contribution in [2.45, 2.75) is 44.9 Å². The fourth-order valence-corrected chi connectivity index (χ4v) is 5.54. The van der Waals surface area contributed by atoms with Gasteiger partial charge in [0.2, 0.25) is 15.9 Å². The lowest BCUT2D eigenvalue weighted by Gasteiger charge is -2.32. The summed E-state index contributed by atoms with van der Waals surface area (Å²) in [7, 11) is -3.50. The van der Waals surface area contributed by atoms with Crippen LogP contribution < -0.4 is 5.32 Å². The molecule has 0 unspecified atom stereocenters. The first-order valence-electron chi connectivity index (χ1n) is 10.4. The number of carbonyl (C=O) groups is 1. The minimum atomic E-state index is -3.50. The number of nitrogens with zero attached hydrogens (tertiary/aromatic N) is 1. The first kappa shape index (κ1) is 22.8. The van der Waals surface area contributed by atoms with Crippen molar-refractivity contribution in [3.05, 3.63) is 70.2 Å². The average molecular weight is 449 g/mol. The highest BCUT2D eigenvalue weighted by Crippen LogP contribution is 2.24. The molecule has 0 spiro atoms. The average Bonchev–Trinajstić information content (AvgIpc) is 2.74. The summed E-state index contributed by atoms with van der Waals surface area (Å²) < 4.78 is 27.3. The van der Waals surface area contributed by atoms with E-state index < -0.39 is 10.0 Å². The van der Waals surface area contributed by atoms with E-state index in [1.807, 2.05) is 38.1 Å². The quantitative estimate of drug-likeness (QED) is 0.680. The number of amides is 1. The SMILES string of the molecule is CC[C@@H](NC(=O)[C@@H]1CCCN(S(=O)(=O)Cc2ccc(Cl)cc2)C1)c1ccc(C)cc1. The zero-order chi connectivity index (χ0) is 21.7. The molecule has 0 radical (unpaired) electrons. The first-order valence-corrected chi connectivity index (χ1v) is 12.4. The number of rotatable bonds is 7. The van der Waals surface area contributed by atoms with Gasteiger partial charge < -0.3 is 5.32 Å². The van der Waals surface area contributed by atoms with Crippen LogP contribution in [0.1, 0.15) is 48.9 Å². The third kappa shape index (κ3) is 5.84. The molecule has 2 aromatic rings. The van der Waals surface area contributed by atoms with Crippen LogP contribution in [0.3, 0.4) is 0 Å². The molecule has 1 N–H and O–H groups in total. The second kappa shape index (κ2) is 9.94. The molecule has 1 heterocycles. The van der Waals surface area contributed by atoms with Crippen molar-refractivity contribution in [1.29, 1.82) is 0 Å². The Morgan fingerprint density at radius 3 is 2.47 bits per heavy atom. The number of carbonyl (C=O) groups excluding carboxylic acids is 1. The van der Waals surface area contributed by atoms with Crippen molar-refractivity contribution in [3.8, 4) is 0 Å². The first-order chi connectivity index (χ1) is 14.3. The monoisotopic (exact) mass is 448 g/mol. The third-order valence-corrected chi connectivity index (χ3v) is 7.68. The van der Waals surface area contributed by atoms with Gasteiger partial charge in [-0.15, -0.1) is 0 Å². The molecule has 0 aliphatic carbocycles. The Labute approximate surface area is 184 Å². The van der Waals surface area contributed by atoms with E-state index in [0.717, 1.165) is 12.0 Å². The van der Waals surface area contributed by atoms with Gasteiger partial charge in [-0.3, -0.25) is 4.79 Å². The molecule has 1 saturated heterocycles. The van der Waals surface area contributed by atoms with Crippen LogP contribution >= 0.6 is 11.6 Å². The van der Waals surface area contributed by atoms with Crippen LogP contribution in [0.4, 0.5) is 0 Å². The Bertz CT molecular complexity index is 959. The van der Waals surface area contributed by atoms with E-state index in [9.17, 15) is 13.2 Å². The summed E-state index contributed by atoms with van der Waals surface area (Å²) in [6, 6.07) is 14.9. The maximum atomic E-state index is 12.9. The maximum Gasteiger partial charge on any atom is 0.224 e. The molecule has 1 aliphatic rings. The number of halogens is 1. The Morgan fingerprint density at radius 1 is 1.17 bits per heavy atom. The molecule has 7 heteroatoms. The summed E-state index contributed by atoms with van der Waals surface area (Å²) in [5, 5.41) is 3.70. The van der Waals surface area contributed by atoms with E-state index in [1.165, 1.54) is 9.87 Å². The van der Waals surface area contributed by atoms with Gasteiger partial charge in [0.25, 0.3) is 0 Å². The molecule has 2 aromatic carbocycles. The van der Waals surface area contributed by atoms with Crippen molar-refractivity contribution >= 4 is 27.5 Å². The lowest BCUT2D eigenvalue weighted by molar-refractivity contribution is -0.126. The second-order valence-electron chi connectivity index (χ2n) is 7.96. The van der Waals surface area contributed by atoms with Crippen molar-refractivity contribution in [3.63, 3.8) is 0 Å². The Morgan fingerprint density at radius 2 is 1.83 bits per heavy atom. The van der Waals surface area contributed by atoms with E-state index in [1.54, 1.807) is 24.3 Å². The molecular formula is C23H29ClN2O3S. The topological polar surface area (TPSA) is 66.5 Å². The molecule has 0 aromatic heterocycles. The van der Waals surface area contributed by atoms with Gasteiger partial charge in [0.05, 0.1) is 17.7 Å². The minimum absolute atomic E-state index is 0.0702. The Hall–Kier alpha value is -1.89. The lowest BCUT2D eigenvalue weighted by atomic mass is 9.97. The summed E-state index contributed by atoms with van der Waals surface area (Å²) in [6.45, 7) is 4.75. The van der Waals surface area contributed by atoms with E-state index >= 15 is 0 Å². The summed E-state index contributed by atoms with van der Waals surface area (Å²) in [6.07, 6.45) is 2.16. The zero-order valence-electron chi connectivity index (χ0n) is 17.5. The number of hydrogen-bond acceptors (Lipinski definition) is 3. The smallest absolute Gasteiger partial charge is 0.224 e. The number of piperidine rings is 1. The normalized spacial score (nSPS) is 18.7. The molecule has 1 aliphatic heterocycles. The van der Waals surface area contributed by atoms with Gasteiger partial charge in [0, 0.05) is 18.1 Å². The Kier molecular flexibility index (Phi) is 7.55. The summed E-state index contributed by atoms with van der Waals surface area (Å²) in [5.74, 6) is -0.494. The predicted octanol–water partition coefficient (Wildman–Crippen LogP) is 4.46. The van der Waals surface area contributed by atoms with Gasteiger partial charge in [-0.05, 0) is 49.4 Å². The van der Waals surface area contributed by atoms with Gasteiger partial charge in [0.15, 0.2) is 0 Å². The van der Waals surface area contributed by atoms with Crippen LogP contribution in [0, 0.1) is 12.8 Å². The molecule has 1 fully saturated rings. The zero-order valence-corrected chi connectivity index (χ0v) is 19.0. The number of aryl methyl sites for hydroxylation is 1. The molecule has 0 bridgehead atoms. The van der Waals surface area contributed by atoms with Crippen LogP contribution in [-0.4, -0.2) is 31.7 Å². The Balaban J connectivity index is 1.64. The fourth-order valence-electron chi connectivity index (χ4n) is 3.80. The van der Waals surface area contributed by atoms with Gasteiger partial charge in [-0.25, -0.2) is 12.7 Å². The molecule has 3 rings (SSSR count). The van der Waals surface area contributed by atoms with Gasteiger partial charge in [0.1, 0.15) is 0 Å². The number of nitrogens with one attached hydrogen (secondary N) is 1. The van der Waals surface area contributed by atoms with Crippen LogP contribution in [0.5, 0.6) is 0 Å². The summed E-state index contributed by atoms with van der Waals surface area (Å²) in [5.41, 5.74) is 2.93. The highest BCUT2D eigenvalue weighted by molar-refractivity contribution is 7.88. The van der Waals surface area contributed by atoms with Crippen LogP contribution in [0.25, 0.3) is 0 Å². The molecule has 2 atom stereocenters. The predicted molar refractivity (Wildman–Crippen MR) is 121 cm³/mol. The highest BCUT2D eigenvalue weighted by Gasteiger charge is 2.33. The number of sulfonamides is 1. The minimum Gasteiger partial charge on any atom is -0.349 e. The molecule has 0 saturated carbocycles. The van der Waals surface area contributed by atoms with E-state index in [0.29, 0.717) is 30.0 Å². The molecule has 162 valence electrons. The van der Waals surface area contributed by atoms with Crippen molar-refractivity contribution in [2.24, 2.45) is 5.92 Å². The van der Waals surface area contributed by atoms with Crippen molar-refractivity contribution in [1.82, 2.24) is 9.62 Å². The van der Waals surface area contributed by atoms with Crippen LogP contribution in [-0.2, 0) is 20.6 Å². The van der Waals surface area contributed by atoms with E-state index in [2.05, 4.69) is 5.32 Å². The molecule has 30 heavy (non-hydrogen) atoms. The summed E-state index contributed by atoms with van der Waals surface area (Å²) in [4.78, 5) is 12.9. The van der Waals surface area contributed by atoms with Crippen molar-refractivity contribution < 1.29 is 13.2 Å². The van der Waals surface area contributed by atoms with Crippen molar-refractivity contribution in [2.75, 3.05) is 13.1 Å². The lowest BCUT2D eigenvalue weighted by Crippen LogP contribution is -2.46. The van der Waals surface area contributed by atoms with E-state index in [4.69, 9.17) is 11.6 Å². The van der Waals surface area contributed by atoms with Gasteiger partial charge in [-0.1, -0.05) is 60.5 Å². The van der Waals surface area contributed by atoms with Crippen LogP contribution in [0.2, 0.25) is 5.02 Å². The molecular weight excluding hydrogens is 420 g/mol. The maximum absolute atomic E-state index is 12.9. The fraction of sp³-hybridized carbons (Fsp3) is 0.435. The molecule has 1 amide bonds. The van der Waals surface area contributed by atoms with E-state index in [-0.39, 0.29) is 30.2 Å². The van der Waals surface area contributed by atoms with Gasteiger partial charge >= 0.3 is 0 Å². The number of hydrogen-bond donors (Lipinski definition) is 1. The van der Waals surface area contributed by atoms with Crippen LogP contribution in [0.15, 0.2) is 48.5 Å². The third-order valence-electron chi connectivity index (χ3n) is 5.62. The molecule has 5 nitrogen and oxygen atoms in total. The highest BCUT2D eigenvalue weighted by atomic mass is 35.5.